The van der Waals surface area contributed by atoms with E-state index in [0.717, 1.165) is 0 Å². The lowest BCUT2D eigenvalue weighted by Crippen LogP contribution is -2.50. The maximum atomic E-state index is 12.8. The molecule has 7 heteroatoms. The van der Waals surface area contributed by atoms with Gasteiger partial charge >= 0.3 is 5.97 Å². The number of aliphatic hydroxyl groups is 1. The third-order valence-electron chi connectivity index (χ3n) is 4.68. The quantitative estimate of drug-likeness (QED) is 0.309. The van der Waals surface area contributed by atoms with E-state index < -0.39 is 36.0 Å². The first-order chi connectivity index (χ1) is 15.0. The number of carbonyl (C=O) groups is 3. The molecule has 0 spiro atoms. The van der Waals surface area contributed by atoms with Gasteiger partial charge in [0, 0.05) is 12.0 Å². The lowest BCUT2D eigenvalue weighted by molar-refractivity contribution is -0.146. The van der Waals surface area contributed by atoms with Crippen molar-refractivity contribution in [1.29, 1.82) is 0 Å². The normalized spacial score (nSPS) is 13.2. The SMILES string of the molecule is C#CCCC[C@H](NC(=O)[C@H](O)[C@@H](NC(=O)c1ccccc1)c1ccccc1)C(=O)OC. The minimum Gasteiger partial charge on any atom is -0.467 e. The highest BCUT2D eigenvalue weighted by molar-refractivity contribution is 5.95. The number of ether oxygens (including phenoxy) is 1. The second kappa shape index (κ2) is 12.2. The average molecular weight is 422 g/mol. The molecule has 0 unspecified atom stereocenters. The third kappa shape index (κ3) is 6.98. The minimum atomic E-state index is -1.64. The molecule has 2 aromatic rings. The second-order valence-corrected chi connectivity index (χ2v) is 6.85. The Bertz CT molecular complexity index is 909. The van der Waals surface area contributed by atoms with Gasteiger partial charge in [-0.1, -0.05) is 48.5 Å². The molecule has 2 amide bonds. The van der Waals surface area contributed by atoms with Crippen molar-refractivity contribution < 1.29 is 24.2 Å². The van der Waals surface area contributed by atoms with Gasteiger partial charge in [-0.25, -0.2) is 4.79 Å². The zero-order chi connectivity index (χ0) is 22.6. The maximum Gasteiger partial charge on any atom is 0.328 e. The van der Waals surface area contributed by atoms with Crippen molar-refractivity contribution in [2.24, 2.45) is 0 Å². The first kappa shape index (κ1) is 23.6. The lowest BCUT2D eigenvalue weighted by Gasteiger charge is -2.26. The highest BCUT2D eigenvalue weighted by Crippen LogP contribution is 2.19. The number of esters is 1. The van der Waals surface area contributed by atoms with Crippen LogP contribution < -0.4 is 10.6 Å². The number of hydrogen-bond donors (Lipinski definition) is 3. The Morgan fingerprint density at radius 1 is 1.03 bits per heavy atom. The fraction of sp³-hybridized carbons (Fsp3) is 0.292. The molecule has 0 radical (unpaired) electrons. The van der Waals surface area contributed by atoms with E-state index in [4.69, 9.17) is 11.2 Å². The van der Waals surface area contributed by atoms with Crippen LogP contribution in [0.2, 0.25) is 0 Å². The molecule has 0 bridgehead atoms. The van der Waals surface area contributed by atoms with Crippen molar-refractivity contribution in [3.63, 3.8) is 0 Å². The Morgan fingerprint density at radius 2 is 1.65 bits per heavy atom. The summed E-state index contributed by atoms with van der Waals surface area (Å²) in [5.74, 6) is 0.583. The summed E-state index contributed by atoms with van der Waals surface area (Å²) < 4.78 is 4.73. The van der Waals surface area contributed by atoms with E-state index >= 15 is 0 Å². The number of methoxy groups -OCH3 is 1. The van der Waals surface area contributed by atoms with Crippen LogP contribution in [-0.2, 0) is 14.3 Å². The molecule has 0 heterocycles. The number of nitrogens with one attached hydrogen (secondary N) is 2. The van der Waals surface area contributed by atoms with Gasteiger partial charge in [0.15, 0.2) is 6.10 Å². The van der Waals surface area contributed by atoms with Gasteiger partial charge in [-0.15, -0.1) is 12.3 Å². The Hall–Kier alpha value is -3.63. The Balaban J connectivity index is 2.20. The molecule has 0 aliphatic carbocycles. The van der Waals surface area contributed by atoms with E-state index in [0.29, 0.717) is 24.0 Å². The molecule has 3 atom stereocenters. The van der Waals surface area contributed by atoms with Crippen molar-refractivity contribution in [3.8, 4) is 12.3 Å². The summed E-state index contributed by atoms with van der Waals surface area (Å²) >= 11 is 0. The molecule has 0 saturated carbocycles. The highest BCUT2D eigenvalue weighted by Gasteiger charge is 2.32. The van der Waals surface area contributed by atoms with Crippen LogP contribution in [-0.4, -0.2) is 42.1 Å². The number of amides is 2. The molecule has 7 nitrogen and oxygen atoms in total. The summed E-state index contributed by atoms with van der Waals surface area (Å²) in [5, 5.41) is 16.0. The van der Waals surface area contributed by atoms with Crippen LogP contribution in [0.25, 0.3) is 0 Å². The fourth-order valence-electron chi connectivity index (χ4n) is 3.03. The number of aliphatic hydroxyl groups excluding tert-OH is 1. The largest absolute Gasteiger partial charge is 0.467 e. The highest BCUT2D eigenvalue weighted by atomic mass is 16.5. The number of benzene rings is 2. The molecule has 0 saturated heterocycles. The van der Waals surface area contributed by atoms with E-state index in [2.05, 4.69) is 16.6 Å². The van der Waals surface area contributed by atoms with Gasteiger partial charge in [-0.3, -0.25) is 9.59 Å². The molecular weight excluding hydrogens is 396 g/mol. The molecule has 0 aliphatic rings. The molecule has 162 valence electrons. The van der Waals surface area contributed by atoms with Crippen molar-refractivity contribution in [1.82, 2.24) is 10.6 Å². The number of rotatable bonds is 10. The molecule has 2 aromatic carbocycles. The van der Waals surface area contributed by atoms with Crippen LogP contribution in [0.1, 0.15) is 41.2 Å². The predicted octanol–water partition coefficient (Wildman–Crippen LogP) is 1.98. The number of hydrogen-bond acceptors (Lipinski definition) is 5. The molecule has 0 aromatic heterocycles. The van der Waals surface area contributed by atoms with Gasteiger partial charge in [0.2, 0.25) is 0 Å². The first-order valence-electron chi connectivity index (χ1n) is 9.88. The summed E-state index contributed by atoms with van der Waals surface area (Å²) in [6.07, 6.45) is 4.80. The van der Waals surface area contributed by atoms with Gasteiger partial charge in [0.25, 0.3) is 11.8 Å². The topological polar surface area (TPSA) is 105 Å². The smallest absolute Gasteiger partial charge is 0.328 e. The molecule has 3 N–H and O–H groups in total. The second-order valence-electron chi connectivity index (χ2n) is 6.85. The van der Waals surface area contributed by atoms with Crippen LogP contribution in [0.5, 0.6) is 0 Å². The molecule has 2 rings (SSSR count). The number of carbonyl (C=O) groups excluding carboxylic acids is 3. The third-order valence-corrected chi connectivity index (χ3v) is 4.68. The number of unbranched alkanes of at least 4 members (excludes halogenated alkanes) is 1. The monoisotopic (exact) mass is 422 g/mol. The molecule has 31 heavy (non-hydrogen) atoms. The first-order valence-corrected chi connectivity index (χ1v) is 9.88. The molecule has 0 fully saturated rings. The van der Waals surface area contributed by atoms with Crippen LogP contribution in [0.4, 0.5) is 0 Å². The van der Waals surface area contributed by atoms with Gasteiger partial charge in [0.05, 0.1) is 13.2 Å². The van der Waals surface area contributed by atoms with Gasteiger partial charge in [-0.2, -0.15) is 0 Å². The summed E-state index contributed by atoms with van der Waals surface area (Å²) in [7, 11) is 1.21. The Labute approximate surface area is 181 Å². The van der Waals surface area contributed by atoms with Crippen LogP contribution in [0.15, 0.2) is 60.7 Å². The molecule has 0 aliphatic heterocycles. The predicted molar refractivity (Wildman–Crippen MR) is 116 cm³/mol. The lowest BCUT2D eigenvalue weighted by atomic mass is 9.99. The average Bonchev–Trinajstić information content (AvgIpc) is 2.81. The van der Waals surface area contributed by atoms with E-state index in [1.165, 1.54) is 7.11 Å². The Morgan fingerprint density at radius 3 is 2.23 bits per heavy atom. The number of terminal acetylenes is 1. The summed E-state index contributed by atoms with van der Waals surface area (Å²) in [6, 6.07) is 15.1. The summed E-state index contributed by atoms with van der Waals surface area (Å²) in [6.45, 7) is 0. The van der Waals surface area contributed by atoms with E-state index in [9.17, 15) is 19.5 Å². The van der Waals surface area contributed by atoms with Crippen molar-refractivity contribution in [2.75, 3.05) is 7.11 Å². The van der Waals surface area contributed by atoms with Gasteiger partial charge < -0.3 is 20.5 Å². The zero-order valence-corrected chi connectivity index (χ0v) is 17.3. The summed E-state index contributed by atoms with van der Waals surface area (Å²) in [4.78, 5) is 37.5. The van der Waals surface area contributed by atoms with Crippen LogP contribution in [0, 0.1) is 12.3 Å². The van der Waals surface area contributed by atoms with Gasteiger partial charge in [-0.05, 0) is 30.5 Å². The van der Waals surface area contributed by atoms with Crippen molar-refractivity contribution in [2.45, 2.75) is 37.5 Å². The van der Waals surface area contributed by atoms with E-state index in [1.54, 1.807) is 60.7 Å². The van der Waals surface area contributed by atoms with Crippen LogP contribution >= 0.6 is 0 Å². The minimum absolute atomic E-state index is 0.266. The van der Waals surface area contributed by atoms with Crippen LogP contribution in [0.3, 0.4) is 0 Å². The van der Waals surface area contributed by atoms with E-state index in [-0.39, 0.29) is 6.42 Å². The standard InChI is InChI=1S/C24H26N2O5/c1-3-4-7-16-19(24(30)31-2)25-23(29)21(27)20(17-12-8-5-9-13-17)26-22(28)18-14-10-6-11-15-18/h1,5-6,8-15,19-21,27H,4,7,16H2,2H3,(H,25,29)(H,26,28)/t19-,20-,21+/m0/s1. The summed E-state index contributed by atoms with van der Waals surface area (Å²) in [5.41, 5.74) is 0.925. The maximum absolute atomic E-state index is 12.8. The Kier molecular flexibility index (Phi) is 9.27. The fourth-order valence-corrected chi connectivity index (χ4v) is 3.03. The molecular formula is C24H26N2O5. The van der Waals surface area contributed by atoms with Crippen molar-refractivity contribution in [3.05, 3.63) is 71.8 Å². The van der Waals surface area contributed by atoms with Gasteiger partial charge in [0.1, 0.15) is 6.04 Å². The van der Waals surface area contributed by atoms with E-state index in [1.807, 2.05) is 0 Å². The van der Waals surface area contributed by atoms with Crippen molar-refractivity contribution >= 4 is 17.8 Å². The zero-order valence-electron chi connectivity index (χ0n) is 17.3.